The molecule has 3 rings (SSSR count). The van der Waals surface area contributed by atoms with Gasteiger partial charge in [0.1, 0.15) is 9.88 Å². The highest BCUT2D eigenvalue weighted by atomic mass is 32.1. The molecule has 0 saturated heterocycles. The number of rotatable bonds is 5. The highest BCUT2D eigenvalue weighted by Gasteiger charge is 2.28. The van der Waals surface area contributed by atoms with Crippen LogP contribution in [-0.4, -0.2) is 43.1 Å². The summed E-state index contributed by atoms with van der Waals surface area (Å²) in [5.74, 6) is 2.18. The van der Waals surface area contributed by atoms with Gasteiger partial charge >= 0.3 is 0 Å². The highest BCUT2D eigenvalue weighted by molar-refractivity contribution is 7.17. The molecule has 1 saturated carbocycles. The van der Waals surface area contributed by atoms with Gasteiger partial charge in [-0.25, -0.2) is 4.98 Å². The van der Waals surface area contributed by atoms with Crippen molar-refractivity contribution < 1.29 is 14.3 Å². The van der Waals surface area contributed by atoms with Crippen molar-refractivity contribution in [2.45, 2.75) is 45.6 Å². The number of benzene rings is 1. The maximum Gasteiger partial charge on any atom is 0.265 e. The molecule has 0 spiro atoms. The van der Waals surface area contributed by atoms with E-state index in [-0.39, 0.29) is 5.91 Å². The van der Waals surface area contributed by atoms with Crippen LogP contribution in [0.1, 0.15) is 48.0 Å². The fourth-order valence-corrected chi connectivity index (χ4v) is 4.69. The predicted octanol–water partition coefficient (Wildman–Crippen LogP) is 4.79. The van der Waals surface area contributed by atoms with Gasteiger partial charge in [-0.2, -0.15) is 0 Å². The summed E-state index contributed by atoms with van der Waals surface area (Å²) in [6.45, 7) is 4.20. The van der Waals surface area contributed by atoms with Gasteiger partial charge < -0.3 is 14.4 Å². The summed E-state index contributed by atoms with van der Waals surface area (Å²) in [6.07, 6.45) is 4.56. The minimum absolute atomic E-state index is 0.0799. The van der Waals surface area contributed by atoms with Gasteiger partial charge in [0.2, 0.25) is 0 Å². The van der Waals surface area contributed by atoms with E-state index in [0.717, 1.165) is 39.9 Å². The molecule has 1 fully saturated rings. The third kappa shape index (κ3) is 4.10. The smallest absolute Gasteiger partial charge is 0.265 e. The summed E-state index contributed by atoms with van der Waals surface area (Å²) < 4.78 is 10.7. The van der Waals surface area contributed by atoms with E-state index in [4.69, 9.17) is 9.47 Å². The molecule has 0 radical (unpaired) electrons. The zero-order valence-electron chi connectivity index (χ0n) is 16.7. The molecule has 6 heteroatoms. The topological polar surface area (TPSA) is 51.7 Å². The van der Waals surface area contributed by atoms with Gasteiger partial charge in [-0.05, 0) is 56.7 Å². The molecule has 0 atom stereocenters. The van der Waals surface area contributed by atoms with Crippen LogP contribution in [0.5, 0.6) is 11.5 Å². The normalized spacial score (nSPS) is 19.6. The van der Waals surface area contributed by atoms with Crippen molar-refractivity contribution >= 4 is 17.2 Å². The van der Waals surface area contributed by atoms with E-state index in [0.29, 0.717) is 17.5 Å². The number of carbonyl (C=O) groups excluding carboxylic acids is 1. The molecule has 2 aromatic rings. The second-order valence-corrected chi connectivity index (χ2v) is 8.33. The lowest BCUT2D eigenvalue weighted by Gasteiger charge is -2.33. The first-order chi connectivity index (χ1) is 12.9. The first-order valence-corrected chi connectivity index (χ1v) is 10.2. The van der Waals surface area contributed by atoms with Gasteiger partial charge in [-0.3, -0.25) is 4.79 Å². The van der Waals surface area contributed by atoms with E-state index in [1.165, 1.54) is 24.2 Å². The minimum atomic E-state index is 0.0799. The molecule has 27 heavy (non-hydrogen) atoms. The van der Waals surface area contributed by atoms with Crippen molar-refractivity contribution in [2.75, 3.05) is 21.3 Å². The van der Waals surface area contributed by atoms with Crippen LogP contribution in [0.3, 0.4) is 0 Å². The van der Waals surface area contributed by atoms with E-state index in [1.54, 1.807) is 14.2 Å². The number of ether oxygens (including phenoxy) is 2. The quantitative estimate of drug-likeness (QED) is 0.739. The van der Waals surface area contributed by atoms with Crippen LogP contribution >= 0.6 is 11.3 Å². The first-order valence-electron chi connectivity index (χ1n) is 9.41. The molecule has 146 valence electrons. The van der Waals surface area contributed by atoms with Gasteiger partial charge in [0, 0.05) is 18.7 Å². The highest BCUT2D eigenvalue weighted by Crippen LogP contribution is 2.36. The lowest BCUT2D eigenvalue weighted by molar-refractivity contribution is 0.0683. The fourth-order valence-electron chi connectivity index (χ4n) is 3.64. The Balaban J connectivity index is 1.83. The Labute approximate surface area is 165 Å². The van der Waals surface area contributed by atoms with Crippen LogP contribution < -0.4 is 9.47 Å². The number of aryl methyl sites for hydroxylation is 1. The molecular formula is C21H28N2O3S. The average Bonchev–Trinajstić information content (AvgIpc) is 3.08. The van der Waals surface area contributed by atoms with Crippen molar-refractivity contribution in [2.24, 2.45) is 5.92 Å². The third-order valence-electron chi connectivity index (χ3n) is 5.47. The monoisotopic (exact) mass is 388 g/mol. The van der Waals surface area contributed by atoms with Crippen LogP contribution in [0, 0.1) is 12.8 Å². The molecule has 1 aromatic carbocycles. The maximum atomic E-state index is 13.1. The van der Waals surface area contributed by atoms with Gasteiger partial charge in [0.15, 0.2) is 11.5 Å². The molecule has 0 N–H and O–H groups in total. The summed E-state index contributed by atoms with van der Waals surface area (Å²) >= 11 is 1.45. The Morgan fingerprint density at radius 2 is 1.81 bits per heavy atom. The van der Waals surface area contributed by atoms with Gasteiger partial charge in [0.05, 0.1) is 19.9 Å². The van der Waals surface area contributed by atoms with Crippen molar-refractivity contribution in [3.63, 3.8) is 0 Å². The van der Waals surface area contributed by atoms with E-state index < -0.39 is 0 Å². The lowest BCUT2D eigenvalue weighted by atomic mass is 9.87. The number of amides is 1. The summed E-state index contributed by atoms with van der Waals surface area (Å²) in [5, 5.41) is 0.822. The first kappa shape index (κ1) is 19.7. The molecule has 1 aliphatic carbocycles. The molecule has 1 amide bonds. The molecular weight excluding hydrogens is 360 g/mol. The zero-order valence-corrected chi connectivity index (χ0v) is 17.6. The minimum Gasteiger partial charge on any atom is -0.493 e. The summed E-state index contributed by atoms with van der Waals surface area (Å²) in [6, 6.07) is 6.04. The van der Waals surface area contributed by atoms with E-state index in [1.807, 2.05) is 37.1 Å². The standard InChI is InChI=1S/C21H28N2O3S/c1-13-6-9-16(10-7-13)23(3)21(24)19-14(2)22-20(27-19)15-8-11-17(25-4)18(12-15)26-5/h8,11-13,16H,6-7,9-10H2,1-5H3. The van der Waals surface area contributed by atoms with Crippen molar-refractivity contribution in [3.05, 3.63) is 28.8 Å². The van der Waals surface area contributed by atoms with Crippen LogP contribution in [0.2, 0.25) is 0 Å². The number of methoxy groups -OCH3 is 2. The Bertz CT molecular complexity index is 810. The Morgan fingerprint density at radius 3 is 2.44 bits per heavy atom. The van der Waals surface area contributed by atoms with Crippen molar-refractivity contribution in [3.8, 4) is 22.1 Å². The predicted molar refractivity (Wildman–Crippen MR) is 109 cm³/mol. The second-order valence-electron chi connectivity index (χ2n) is 7.33. The Hall–Kier alpha value is -2.08. The van der Waals surface area contributed by atoms with Crippen LogP contribution in [0.4, 0.5) is 0 Å². The number of thiazole rings is 1. The number of carbonyl (C=O) groups is 1. The summed E-state index contributed by atoms with van der Waals surface area (Å²) in [4.78, 5) is 20.4. The van der Waals surface area contributed by atoms with E-state index in [2.05, 4.69) is 11.9 Å². The number of nitrogens with zero attached hydrogens (tertiary/aromatic N) is 2. The van der Waals surface area contributed by atoms with Gasteiger partial charge in [0.25, 0.3) is 5.91 Å². The van der Waals surface area contributed by atoms with Gasteiger partial charge in [-0.1, -0.05) is 6.92 Å². The largest absolute Gasteiger partial charge is 0.493 e. The summed E-state index contributed by atoms with van der Waals surface area (Å²) in [5.41, 5.74) is 1.71. The number of hydrogen-bond acceptors (Lipinski definition) is 5. The third-order valence-corrected chi connectivity index (χ3v) is 6.67. The molecule has 0 unspecified atom stereocenters. The fraction of sp³-hybridized carbons (Fsp3) is 0.524. The molecule has 0 bridgehead atoms. The van der Waals surface area contributed by atoms with Crippen LogP contribution in [-0.2, 0) is 0 Å². The molecule has 5 nitrogen and oxygen atoms in total. The Morgan fingerprint density at radius 1 is 1.15 bits per heavy atom. The van der Waals surface area contributed by atoms with Gasteiger partial charge in [-0.15, -0.1) is 11.3 Å². The van der Waals surface area contributed by atoms with Crippen LogP contribution in [0.15, 0.2) is 18.2 Å². The van der Waals surface area contributed by atoms with E-state index >= 15 is 0 Å². The zero-order chi connectivity index (χ0) is 19.6. The summed E-state index contributed by atoms with van der Waals surface area (Å²) in [7, 11) is 5.16. The second kappa shape index (κ2) is 8.30. The van der Waals surface area contributed by atoms with Crippen molar-refractivity contribution in [1.29, 1.82) is 0 Å². The number of aromatic nitrogens is 1. The van der Waals surface area contributed by atoms with Crippen LogP contribution in [0.25, 0.3) is 10.6 Å². The van der Waals surface area contributed by atoms with E-state index in [9.17, 15) is 4.79 Å². The average molecular weight is 389 g/mol. The Kier molecular flexibility index (Phi) is 6.05. The molecule has 1 aliphatic rings. The molecule has 1 heterocycles. The number of hydrogen-bond donors (Lipinski definition) is 0. The SMILES string of the molecule is COc1ccc(-c2nc(C)c(C(=O)N(C)C3CCC(C)CC3)s2)cc1OC. The molecule has 0 aliphatic heterocycles. The molecule has 1 aromatic heterocycles. The lowest BCUT2D eigenvalue weighted by Crippen LogP contribution is -2.39. The maximum absolute atomic E-state index is 13.1. The van der Waals surface area contributed by atoms with Crippen molar-refractivity contribution in [1.82, 2.24) is 9.88 Å².